The fraction of sp³-hybridized carbons (Fsp3) is 0.455. The molecule has 1 N–H and O–H groups in total. The molecule has 0 aromatic heterocycles. The van der Waals surface area contributed by atoms with Crippen LogP contribution in [0.3, 0.4) is 0 Å². The Morgan fingerprint density at radius 1 is 1.00 bits per heavy atom. The van der Waals surface area contributed by atoms with E-state index in [-0.39, 0.29) is 6.04 Å². The van der Waals surface area contributed by atoms with Crippen LogP contribution in [0.15, 0.2) is 41.3 Å². The number of hydrogen-bond acceptors (Lipinski definition) is 4. The van der Waals surface area contributed by atoms with Gasteiger partial charge in [-0.1, -0.05) is 12.1 Å². The van der Waals surface area contributed by atoms with E-state index in [0.717, 1.165) is 24.2 Å². The summed E-state index contributed by atoms with van der Waals surface area (Å²) < 4.78 is 34.0. The molecule has 2 aromatic rings. The molecule has 0 radical (unpaired) electrons. The van der Waals surface area contributed by atoms with Crippen LogP contribution >= 0.6 is 0 Å². The molecule has 152 valence electrons. The Morgan fingerprint density at radius 3 is 2.25 bits per heavy atom. The maximum Gasteiger partial charge on any atom is 0.241 e. The molecule has 1 saturated heterocycles. The van der Waals surface area contributed by atoms with Crippen LogP contribution in [-0.4, -0.2) is 28.6 Å². The predicted molar refractivity (Wildman–Crippen MR) is 114 cm³/mol. The van der Waals surface area contributed by atoms with Gasteiger partial charge in [-0.25, -0.2) is 13.1 Å². The van der Waals surface area contributed by atoms with Gasteiger partial charge in [0.1, 0.15) is 5.75 Å². The van der Waals surface area contributed by atoms with Gasteiger partial charge < -0.3 is 9.64 Å². The lowest BCUT2D eigenvalue weighted by Crippen LogP contribution is -2.29. The number of methoxy groups -OCH3 is 1. The molecular weight excluding hydrogens is 372 g/mol. The molecule has 1 aliphatic heterocycles. The van der Waals surface area contributed by atoms with E-state index in [4.69, 9.17) is 4.74 Å². The molecule has 0 spiro atoms. The van der Waals surface area contributed by atoms with Crippen molar-refractivity contribution in [1.29, 1.82) is 0 Å². The van der Waals surface area contributed by atoms with Gasteiger partial charge in [-0.15, -0.1) is 0 Å². The summed E-state index contributed by atoms with van der Waals surface area (Å²) in [6.45, 7) is 7.70. The summed E-state index contributed by atoms with van der Waals surface area (Å²) in [5.74, 6) is 0.692. The van der Waals surface area contributed by atoms with E-state index in [9.17, 15) is 8.42 Å². The summed E-state index contributed by atoms with van der Waals surface area (Å²) in [5.41, 5.74) is 3.63. The molecule has 1 aliphatic rings. The fourth-order valence-electron chi connectivity index (χ4n) is 3.76. The highest BCUT2D eigenvalue weighted by atomic mass is 32.2. The molecule has 2 aromatic carbocycles. The highest BCUT2D eigenvalue weighted by molar-refractivity contribution is 7.89. The molecule has 1 atom stereocenters. The maximum atomic E-state index is 12.9. The van der Waals surface area contributed by atoms with Gasteiger partial charge in [-0.2, -0.15) is 0 Å². The number of anilines is 1. The van der Waals surface area contributed by atoms with Crippen LogP contribution in [0.25, 0.3) is 0 Å². The van der Waals surface area contributed by atoms with Crippen molar-refractivity contribution in [2.24, 2.45) is 0 Å². The Labute approximate surface area is 168 Å². The van der Waals surface area contributed by atoms with E-state index in [2.05, 4.69) is 21.8 Å². The second kappa shape index (κ2) is 8.53. The van der Waals surface area contributed by atoms with Crippen molar-refractivity contribution < 1.29 is 13.2 Å². The second-order valence-electron chi connectivity index (χ2n) is 7.57. The summed E-state index contributed by atoms with van der Waals surface area (Å²) in [6.07, 6.45) is 3.77. The zero-order chi connectivity index (χ0) is 20.3. The molecule has 1 fully saturated rings. The van der Waals surface area contributed by atoms with E-state index in [1.807, 2.05) is 26.0 Å². The molecule has 28 heavy (non-hydrogen) atoms. The normalized spacial score (nSPS) is 16.1. The molecule has 0 saturated carbocycles. The van der Waals surface area contributed by atoms with Crippen LogP contribution in [0, 0.1) is 13.8 Å². The summed E-state index contributed by atoms with van der Waals surface area (Å²) in [5, 5.41) is 0. The van der Waals surface area contributed by atoms with Gasteiger partial charge in [0.05, 0.1) is 12.0 Å². The highest BCUT2D eigenvalue weighted by Crippen LogP contribution is 2.27. The summed E-state index contributed by atoms with van der Waals surface area (Å²) in [4.78, 5) is 2.69. The van der Waals surface area contributed by atoms with Crippen LogP contribution < -0.4 is 14.4 Å². The first-order valence-corrected chi connectivity index (χ1v) is 11.3. The Kier molecular flexibility index (Phi) is 6.30. The topological polar surface area (TPSA) is 58.6 Å². The van der Waals surface area contributed by atoms with E-state index in [1.165, 1.54) is 24.9 Å². The maximum absolute atomic E-state index is 12.9. The molecule has 0 amide bonds. The Bertz CT molecular complexity index is 918. The molecule has 0 bridgehead atoms. The molecule has 0 unspecified atom stereocenters. The van der Waals surface area contributed by atoms with Gasteiger partial charge >= 0.3 is 0 Å². The minimum atomic E-state index is -3.63. The lowest BCUT2D eigenvalue weighted by molar-refractivity contribution is 0.411. The van der Waals surface area contributed by atoms with E-state index >= 15 is 0 Å². The van der Waals surface area contributed by atoms with Crippen molar-refractivity contribution in [2.75, 3.05) is 25.1 Å². The standard InChI is InChI=1S/C22H30N2O3S/c1-16-15-22(17(2)14-21(16)27-4)28(25,26)23-18(3)19-8-10-20(11-9-19)24-12-6-5-7-13-24/h8-11,14-15,18,23H,5-7,12-13H2,1-4H3/t18-/m1/s1. The van der Waals surface area contributed by atoms with Crippen molar-refractivity contribution in [3.8, 4) is 5.75 Å². The van der Waals surface area contributed by atoms with E-state index < -0.39 is 10.0 Å². The smallest absolute Gasteiger partial charge is 0.241 e. The number of nitrogens with zero attached hydrogens (tertiary/aromatic N) is 1. The SMILES string of the molecule is COc1cc(C)c(S(=O)(=O)N[C@H](C)c2ccc(N3CCCCC3)cc2)cc1C. The highest BCUT2D eigenvalue weighted by Gasteiger charge is 2.22. The minimum absolute atomic E-state index is 0.294. The van der Waals surface area contributed by atoms with Gasteiger partial charge in [-0.05, 0) is 81.0 Å². The third-order valence-electron chi connectivity index (χ3n) is 5.43. The van der Waals surface area contributed by atoms with Crippen molar-refractivity contribution in [1.82, 2.24) is 4.72 Å². The van der Waals surface area contributed by atoms with Gasteiger partial charge in [-0.3, -0.25) is 0 Å². The quantitative estimate of drug-likeness (QED) is 0.781. The number of nitrogens with one attached hydrogen (secondary N) is 1. The lowest BCUT2D eigenvalue weighted by Gasteiger charge is -2.29. The summed E-state index contributed by atoms with van der Waals surface area (Å²) in [6, 6.07) is 11.3. The second-order valence-corrected chi connectivity index (χ2v) is 9.25. The van der Waals surface area contributed by atoms with Crippen LogP contribution in [0.4, 0.5) is 5.69 Å². The van der Waals surface area contributed by atoms with E-state index in [0.29, 0.717) is 16.2 Å². The van der Waals surface area contributed by atoms with Crippen LogP contribution in [0.1, 0.15) is 48.9 Å². The summed E-state index contributed by atoms with van der Waals surface area (Å²) in [7, 11) is -2.05. The first-order chi connectivity index (χ1) is 13.3. The first-order valence-electron chi connectivity index (χ1n) is 9.84. The number of sulfonamides is 1. The van der Waals surface area contributed by atoms with E-state index in [1.54, 1.807) is 26.2 Å². The van der Waals surface area contributed by atoms with Gasteiger partial charge in [0.2, 0.25) is 10.0 Å². The number of piperidine rings is 1. The number of ether oxygens (including phenoxy) is 1. The number of rotatable bonds is 6. The minimum Gasteiger partial charge on any atom is -0.496 e. The number of benzene rings is 2. The van der Waals surface area contributed by atoms with Crippen molar-refractivity contribution in [2.45, 2.75) is 51.0 Å². The molecule has 6 heteroatoms. The van der Waals surface area contributed by atoms with Gasteiger partial charge in [0, 0.05) is 24.8 Å². The zero-order valence-electron chi connectivity index (χ0n) is 17.2. The average molecular weight is 403 g/mol. The molecule has 0 aliphatic carbocycles. The number of aryl methyl sites for hydroxylation is 2. The van der Waals surface area contributed by atoms with Crippen LogP contribution in [0.5, 0.6) is 5.75 Å². The Hall–Kier alpha value is -2.05. The summed E-state index contributed by atoms with van der Waals surface area (Å²) >= 11 is 0. The van der Waals surface area contributed by atoms with Crippen molar-refractivity contribution in [3.05, 3.63) is 53.1 Å². The first kappa shape index (κ1) is 20.7. The predicted octanol–water partition coefficient (Wildman–Crippen LogP) is 4.34. The molecule has 1 heterocycles. The molecule has 3 rings (SSSR count). The average Bonchev–Trinajstić information content (AvgIpc) is 2.69. The van der Waals surface area contributed by atoms with Crippen molar-refractivity contribution >= 4 is 15.7 Å². The molecular formula is C22H30N2O3S. The van der Waals surface area contributed by atoms with Crippen LogP contribution in [-0.2, 0) is 10.0 Å². The third kappa shape index (κ3) is 4.50. The monoisotopic (exact) mass is 402 g/mol. The fourth-order valence-corrected chi connectivity index (χ4v) is 5.31. The van der Waals surface area contributed by atoms with Crippen LogP contribution in [0.2, 0.25) is 0 Å². The van der Waals surface area contributed by atoms with Gasteiger partial charge in [0.15, 0.2) is 0 Å². The van der Waals surface area contributed by atoms with Gasteiger partial charge in [0.25, 0.3) is 0 Å². The third-order valence-corrected chi connectivity index (χ3v) is 7.11. The van der Waals surface area contributed by atoms with Crippen molar-refractivity contribution in [3.63, 3.8) is 0 Å². The zero-order valence-corrected chi connectivity index (χ0v) is 18.0. The Balaban J connectivity index is 1.76. The lowest BCUT2D eigenvalue weighted by atomic mass is 10.1. The number of hydrogen-bond donors (Lipinski definition) is 1. The molecule has 5 nitrogen and oxygen atoms in total. The largest absolute Gasteiger partial charge is 0.496 e. The Morgan fingerprint density at radius 2 is 1.64 bits per heavy atom.